The molecule has 1 saturated heterocycles. The van der Waals surface area contributed by atoms with Crippen molar-refractivity contribution in [1.29, 1.82) is 0 Å². The molecule has 0 aliphatic carbocycles. The molecule has 1 fully saturated rings. The van der Waals surface area contributed by atoms with E-state index in [0.29, 0.717) is 0 Å². The summed E-state index contributed by atoms with van der Waals surface area (Å²) in [6.07, 6.45) is -2.08. The molecule has 1 aliphatic rings. The lowest BCUT2D eigenvalue weighted by molar-refractivity contribution is -0.137. The first-order valence-electron chi connectivity index (χ1n) is 10.1. The number of rotatable bonds is 8. The number of hydrogen-bond donors (Lipinski definition) is 2. The summed E-state index contributed by atoms with van der Waals surface area (Å²) in [4.78, 5) is 14.6. The molecule has 2 rings (SSSR count). The van der Waals surface area contributed by atoms with Crippen molar-refractivity contribution in [3.63, 3.8) is 0 Å². The van der Waals surface area contributed by atoms with Crippen molar-refractivity contribution >= 4 is 11.6 Å². The Labute approximate surface area is 165 Å². The van der Waals surface area contributed by atoms with E-state index in [4.69, 9.17) is 0 Å². The highest BCUT2D eigenvalue weighted by Crippen LogP contribution is 2.34. The number of piperidine rings is 1. The van der Waals surface area contributed by atoms with Crippen molar-refractivity contribution in [3.05, 3.63) is 29.8 Å². The number of halogens is 3. The van der Waals surface area contributed by atoms with Gasteiger partial charge in [0.1, 0.15) is 0 Å². The molecule has 3 atom stereocenters. The molecular formula is C21H32F3N3O. The molecule has 158 valence electrons. The number of carbonyl (C=O) groups is 1. The molecule has 1 aliphatic heterocycles. The molecule has 1 amide bonds. The van der Waals surface area contributed by atoms with E-state index < -0.39 is 17.6 Å². The van der Waals surface area contributed by atoms with Gasteiger partial charge in [-0.2, -0.15) is 13.2 Å². The number of hydrogen-bond acceptors (Lipinski definition) is 3. The molecule has 1 aromatic rings. The first-order chi connectivity index (χ1) is 13.1. The number of nitrogens with zero attached hydrogens (tertiary/aromatic N) is 1. The van der Waals surface area contributed by atoms with Crippen LogP contribution in [0.3, 0.4) is 0 Å². The second kappa shape index (κ2) is 10.3. The van der Waals surface area contributed by atoms with E-state index in [9.17, 15) is 18.0 Å². The van der Waals surface area contributed by atoms with Gasteiger partial charge in [-0.15, -0.1) is 0 Å². The second-order valence-electron chi connectivity index (χ2n) is 8.21. The Kier molecular flexibility index (Phi) is 8.31. The van der Waals surface area contributed by atoms with Gasteiger partial charge in [-0.05, 0) is 56.8 Å². The number of likely N-dealkylation sites (tertiary alicyclic amines) is 1. The summed E-state index contributed by atoms with van der Waals surface area (Å²) in [7, 11) is 0. The maximum Gasteiger partial charge on any atom is 0.418 e. The first kappa shape index (κ1) is 22.7. The van der Waals surface area contributed by atoms with Gasteiger partial charge in [0, 0.05) is 25.6 Å². The van der Waals surface area contributed by atoms with Crippen LogP contribution in [-0.4, -0.2) is 43.0 Å². The predicted octanol–water partition coefficient (Wildman–Crippen LogP) is 4.38. The van der Waals surface area contributed by atoms with Crippen LogP contribution < -0.4 is 10.6 Å². The van der Waals surface area contributed by atoms with Crippen molar-refractivity contribution in [2.24, 2.45) is 11.8 Å². The Morgan fingerprint density at radius 3 is 2.50 bits per heavy atom. The maximum atomic E-state index is 13.0. The Morgan fingerprint density at radius 2 is 1.86 bits per heavy atom. The molecule has 4 nitrogen and oxygen atoms in total. The van der Waals surface area contributed by atoms with E-state index in [-0.39, 0.29) is 18.2 Å². The van der Waals surface area contributed by atoms with E-state index in [0.717, 1.165) is 50.5 Å². The van der Waals surface area contributed by atoms with Crippen LogP contribution in [0.2, 0.25) is 0 Å². The van der Waals surface area contributed by atoms with Gasteiger partial charge in [0.25, 0.3) is 0 Å². The van der Waals surface area contributed by atoms with Gasteiger partial charge in [-0.25, -0.2) is 0 Å². The first-order valence-corrected chi connectivity index (χ1v) is 10.1. The number of alkyl halides is 3. The second-order valence-corrected chi connectivity index (χ2v) is 8.21. The number of benzene rings is 1. The van der Waals surface area contributed by atoms with Gasteiger partial charge in [0.15, 0.2) is 0 Å². The van der Waals surface area contributed by atoms with Gasteiger partial charge in [0.2, 0.25) is 5.91 Å². The van der Waals surface area contributed by atoms with Gasteiger partial charge >= 0.3 is 6.18 Å². The van der Waals surface area contributed by atoms with Crippen LogP contribution in [-0.2, 0) is 11.0 Å². The van der Waals surface area contributed by atoms with Crippen LogP contribution in [0.1, 0.15) is 45.6 Å². The Morgan fingerprint density at radius 1 is 1.21 bits per heavy atom. The van der Waals surface area contributed by atoms with Crippen LogP contribution in [0.25, 0.3) is 0 Å². The zero-order chi connectivity index (χ0) is 20.7. The number of amides is 1. The summed E-state index contributed by atoms with van der Waals surface area (Å²) in [5.74, 6) is 1.05. The standard InChI is InChI=1S/C21H32F3N3O/c1-15-11-16(2)14-27(13-15)10-6-9-25-17(3)12-20(28)26-19-8-5-4-7-18(19)21(22,23)24/h4-5,7-8,15-17,25H,6,9-14H2,1-3H3,(H,26,28). The lowest BCUT2D eigenvalue weighted by Crippen LogP contribution is -2.40. The summed E-state index contributed by atoms with van der Waals surface area (Å²) >= 11 is 0. The minimum Gasteiger partial charge on any atom is -0.325 e. The molecule has 2 N–H and O–H groups in total. The Bertz CT molecular complexity index is 626. The van der Waals surface area contributed by atoms with Crippen LogP contribution in [0.5, 0.6) is 0 Å². The van der Waals surface area contributed by atoms with Gasteiger partial charge in [0.05, 0.1) is 11.3 Å². The third-order valence-electron chi connectivity index (χ3n) is 5.09. The Balaban J connectivity index is 1.70. The third kappa shape index (κ3) is 7.43. The minimum absolute atomic E-state index is 0.0998. The maximum absolute atomic E-state index is 13.0. The highest BCUT2D eigenvalue weighted by atomic mass is 19.4. The fourth-order valence-electron chi connectivity index (χ4n) is 4.02. The molecule has 0 saturated carbocycles. The minimum atomic E-state index is -4.49. The quantitative estimate of drug-likeness (QED) is 0.638. The fourth-order valence-corrected chi connectivity index (χ4v) is 4.02. The summed E-state index contributed by atoms with van der Waals surface area (Å²) in [5.41, 5.74) is -1.02. The summed E-state index contributed by atoms with van der Waals surface area (Å²) in [6, 6.07) is 4.94. The highest BCUT2D eigenvalue weighted by molar-refractivity contribution is 5.92. The van der Waals surface area contributed by atoms with Crippen molar-refractivity contribution in [3.8, 4) is 0 Å². The van der Waals surface area contributed by atoms with E-state index >= 15 is 0 Å². The summed E-state index contributed by atoms with van der Waals surface area (Å²) in [6.45, 7) is 10.5. The average Bonchev–Trinajstić information content (AvgIpc) is 2.57. The molecule has 0 spiro atoms. The lowest BCUT2D eigenvalue weighted by atomic mass is 9.92. The lowest BCUT2D eigenvalue weighted by Gasteiger charge is -2.35. The summed E-state index contributed by atoms with van der Waals surface area (Å²) < 4.78 is 39.0. The number of carbonyl (C=O) groups excluding carboxylic acids is 1. The van der Waals surface area contributed by atoms with E-state index in [1.807, 2.05) is 6.92 Å². The molecule has 28 heavy (non-hydrogen) atoms. The van der Waals surface area contributed by atoms with Crippen molar-refractivity contribution in [2.75, 3.05) is 31.5 Å². The van der Waals surface area contributed by atoms with Crippen LogP contribution >= 0.6 is 0 Å². The summed E-state index contributed by atoms with van der Waals surface area (Å²) in [5, 5.41) is 5.69. The fraction of sp³-hybridized carbons (Fsp3) is 0.667. The van der Waals surface area contributed by atoms with Gasteiger partial charge in [-0.1, -0.05) is 26.0 Å². The van der Waals surface area contributed by atoms with Crippen LogP contribution in [0.4, 0.5) is 18.9 Å². The third-order valence-corrected chi connectivity index (χ3v) is 5.09. The molecule has 1 heterocycles. The number of para-hydroxylation sites is 1. The van der Waals surface area contributed by atoms with Crippen molar-refractivity contribution < 1.29 is 18.0 Å². The van der Waals surface area contributed by atoms with Crippen molar-refractivity contribution in [1.82, 2.24) is 10.2 Å². The van der Waals surface area contributed by atoms with E-state index in [2.05, 4.69) is 29.4 Å². The molecule has 0 aromatic heterocycles. The monoisotopic (exact) mass is 399 g/mol. The molecule has 0 bridgehead atoms. The predicted molar refractivity (Wildman–Crippen MR) is 106 cm³/mol. The Hall–Kier alpha value is -1.60. The smallest absolute Gasteiger partial charge is 0.325 e. The molecule has 3 unspecified atom stereocenters. The molecule has 0 radical (unpaired) electrons. The van der Waals surface area contributed by atoms with Crippen LogP contribution in [0.15, 0.2) is 24.3 Å². The normalized spacial score (nSPS) is 22.1. The zero-order valence-electron chi connectivity index (χ0n) is 17.0. The van der Waals surface area contributed by atoms with Gasteiger partial charge in [-0.3, -0.25) is 4.79 Å². The van der Waals surface area contributed by atoms with Crippen molar-refractivity contribution in [2.45, 2.75) is 52.3 Å². The van der Waals surface area contributed by atoms with Gasteiger partial charge < -0.3 is 15.5 Å². The highest BCUT2D eigenvalue weighted by Gasteiger charge is 2.33. The largest absolute Gasteiger partial charge is 0.418 e. The number of anilines is 1. The van der Waals surface area contributed by atoms with Crippen LogP contribution in [0, 0.1) is 11.8 Å². The number of nitrogens with one attached hydrogen (secondary N) is 2. The SMILES string of the molecule is CC1CC(C)CN(CCCNC(C)CC(=O)Nc2ccccc2C(F)(F)F)C1. The molecular weight excluding hydrogens is 367 g/mol. The molecule has 1 aromatic carbocycles. The molecule has 7 heteroatoms. The van der Waals surface area contributed by atoms with E-state index in [1.54, 1.807) is 0 Å². The van der Waals surface area contributed by atoms with E-state index in [1.165, 1.54) is 24.6 Å². The topological polar surface area (TPSA) is 44.4 Å². The average molecular weight is 400 g/mol. The zero-order valence-corrected chi connectivity index (χ0v) is 17.0.